The van der Waals surface area contributed by atoms with Gasteiger partial charge in [0.25, 0.3) is 0 Å². The molecule has 1 fully saturated rings. The van der Waals surface area contributed by atoms with Crippen LogP contribution in [0.1, 0.15) is 26.7 Å². The van der Waals surface area contributed by atoms with Crippen molar-refractivity contribution in [2.24, 2.45) is 23.7 Å². The molecule has 0 aromatic carbocycles. The molecule has 3 atom stereocenters. The molecule has 5 nitrogen and oxygen atoms in total. The molecule has 0 aromatic rings. The van der Waals surface area contributed by atoms with E-state index in [2.05, 4.69) is 4.74 Å². The summed E-state index contributed by atoms with van der Waals surface area (Å²) >= 11 is 0. The second kappa shape index (κ2) is 5.98. The van der Waals surface area contributed by atoms with Crippen LogP contribution in [0.15, 0.2) is 0 Å². The van der Waals surface area contributed by atoms with Gasteiger partial charge in [0.2, 0.25) is 0 Å². The fourth-order valence-corrected chi connectivity index (χ4v) is 2.61. The molecule has 0 N–H and O–H groups in total. The largest absolute Gasteiger partial charge is 0.468 e. The summed E-state index contributed by atoms with van der Waals surface area (Å²) in [6.45, 7) is 3.93. The van der Waals surface area contributed by atoms with E-state index in [9.17, 15) is 14.4 Å². The molecule has 5 heteroatoms. The van der Waals surface area contributed by atoms with Gasteiger partial charge in [0.05, 0.1) is 14.2 Å². The number of rotatable bonds is 3. The number of ketones is 1. The van der Waals surface area contributed by atoms with Gasteiger partial charge < -0.3 is 9.47 Å². The van der Waals surface area contributed by atoms with Crippen LogP contribution in [0.25, 0.3) is 0 Å². The Hall–Kier alpha value is -1.39. The van der Waals surface area contributed by atoms with Gasteiger partial charge in [-0.1, -0.05) is 13.8 Å². The minimum atomic E-state index is -0.840. The van der Waals surface area contributed by atoms with Crippen molar-refractivity contribution < 1.29 is 23.9 Å². The van der Waals surface area contributed by atoms with Crippen molar-refractivity contribution in [3.63, 3.8) is 0 Å². The maximum absolute atomic E-state index is 12.2. The molecule has 0 spiro atoms. The van der Waals surface area contributed by atoms with E-state index in [0.717, 1.165) is 0 Å². The molecule has 0 bridgehead atoms. The first-order valence-corrected chi connectivity index (χ1v) is 6.13. The van der Waals surface area contributed by atoms with E-state index in [4.69, 9.17) is 4.74 Å². The topological polar surface area (TPSA) is 69.7 Å². The van der Waals surface area contributed by atoms with Crippen molar-refractivity contribution in [2.75, 3.05) is 14.2 Å². The lowest BCUT2D eigenvalue weighted by atomic mass is 9.69. The predicted molar refractivity (Wildman–Crippen MR) is 63.6 cm³/mol. The number of ether oxygens (including phenoxy) is 2. The molecule has 1 aliphatic carbocycles. The first kappa shape index (κ1) is 14.7. The van der Waals surface area contributed by atoms with E-state index >= 15 is 0 Å². The molecule has 0 radical (unpaired) electrons. The molecular formula is C13H20O5. The van der Waals surface area contributed by atoms with Crippen LogP contribution >= 0.6 is 0 Å². The minimum Gasteiger partial charge on any atom is -0.468 e. The minimum absolute atomic E-state index is 0.0640. The highest BCUT2D eigenvalue weighted by atomic mass is 16.5. The van der Waals surface area contributed by atoms with Crippen LogP contribution < -0.4 is 0 Å². The average molecular weight is 256 g/mol. The van der Waals surface area contributed by atoms with Crippen LogP contribution in [0.4, 0.5) is 0 Å². The molecule has 1 aliphatic rings. The van der Waals surface area contributed by atoms with Crippen LogP contribution in [0.2, 0.25) is 0 Å². The van der Waals surface area contributed by atoms with Gasteiger partial charge >= 0.3 is 11.9 Å². The van der Waals surface area contributed by atoms with Gasteiger partial charge in [0.1, 0.15) is 11.8 Å². The zero-order chi connectivity index (χ0) is 13.9. The van der Waals surface area contributed by atoms with E-state index < -0.39 is 23.8 Å². The summed E-state index contributed by atoms with van der Waals surface area (Å²) in [7, 11) is 2.51. The Kier molecular flexibility index (Phi) is 4.87. The molecule has 0 aromatic heterocycles. The predicted octanol–water partition coefficient (Wildman–Crippen LogP) is 1.20. The standard InChI is InChI=1S/C13H20O5/c1-7(2)8-5-6-9(12(15)17-3)11(14)10(8)13(16)18-4/h7-10H,5-6H2,1-4H3/t8-,9-,10+/m1/s1. The summed E-state index contributed by atoms with van der Waals surface area (Å²) in [5.74, 6) is -3.01. The Bertz CT molecular complexity index is 347. The van der Waals surface area contributed by atoms with Crippen LogP contribution in [0.3, 0.4) is 0 Å². The lowest BCUT2D eigenvalue weighted by Gasteiger charge is -2.34. The summed E-state index contributed by atoms with van der Waals surface area (Å²) in [5, 5.41) is 0. The zero-order valence-electron chi connectivity index (χ0n) is 11.3. The summed E-state index contributed by atoms with van der Waals surface area (Å²) in [5.41, 5.74) is 0. The van der Waals surface area contributed by atoms with Gasteiger partial charge in [-0.15, -0.1) is 0 Å². The van der Waals surface area contributed by atoms with Crippen LogP contribution in [-0.4, -0.2) is 31.9 Å². The highest BCUT2D eigenvalue weighted by Crippen LogP contribution is 2.36. The van der Waals surface area contributed by atoms with E-state index in [-0.39, 0.29) is 17.6 Å². The van der Waals surface area contributed by atoms with Gasteiger partial charge in [-0.2, -0.15) is 0 Å². The number of hydrogen-bond acceptors (Lipinski definition) is 5. The highest BCUT2D eigenvalue weighted by Gasteiger charge is 2.47. The molecule has 102 valence electrons. The van der Waals surface area contributed by atoms with Gasteiger partial charge in [-0.05, 0) is 24.7 Å². The maximum atomic E-state index is 12.2. The fraction of sp³-hybridized carbons (Fsp3) is 0.769. The van der Waals surface area contributed by atoms with Crippen molar-refractivity contribution in [1.29, 1.82) is 0 Å². The number of hydrogen-bond donors (Lipinski definition) is 0. The van der Waals surface area contributed by atoms with Gasteiger partial charge in [0.15, 0.2) is 5.78 Å². The van der Waals surface area contributed by atoms with Crippen molar-refractivity contribution in [2.45, 2.75) is 26.7 Å². The van der Waals surface area contributed by atoms with Gasteiger partial charge in [-0.3, -0.25) is 14.4 Å². The fourth-order valence-electron chi connectivity index (χ4n) is 2.61. The third kappa shape index (κ3) is 2.71. The number of Topliss-reactive ketones (excluding diaryl/α,β-unsaturated/α-hetero) is 1. The highest BCUT2D eigenvalue weighted by molar-refractivity contribution is 6.09. The van der Waals surface area contributed by atoms with Crippen LogP contribution in [0, 0.1) is 23.7 Å². The van der Waals surface area contributed by atoms with Crippen LogP contribution in [-0.2, 0) is 23.9 Å². The SMILES string of the molecule is COC(=O)[C@@H]1CC[C@H](C(C)C)[C@H](C(=O)OC)C1=O. The second-order valence-electron chi connectivity index (χ2n) is 4.96. The monoisotopic (exact) mass is 256 g/mol. The summed E-state index contributed by atoms with van der Waals surface area (Å²) in [6, 6.07) is 0. The Labute approximate surface area is 107 Å². The summed E-state index contributed by atoms with van der Waals surface area (Å²) in [4.78, 5) is 35.5. The smallest absolute Gasteiger partial charge is 0.316 e. The summed E-state index contributed by atoms with van der Waals surface area (Å²) in [6.07, 6.45) is 1.10. The molecule has 1 rings (SSSR count). The number of esters is 2. The lowest BCUT2D eigenvalue weighted by Crippen LogP contribution is -2.45. The quantitative estimate of drug-likeness (QED) is 0.560. The normalized spacial score (nSPS) is 28.1. The summed E-state index contributed by atoms with van der Waals surface area (Å²) < 4.78 is 9.30. The zero-order valence-corrected chi connectivity index (χ0v) is 11.3. The second-order valence-corrected chi connectivity index (χ2v) is 4.96. The van der Waals surface area contributed by atoms with E-state index in [1.54, 1.807) is 0 Å². The average Bonchev–Trinajstić information content (AvgIpc) is 2.36. The first-order chi connectivity index (χ1) is 8.43. The Balaban J connectivity index is 2.98. The first-order valence-electron chi connectivity index (χ1n) is 6.13. The molecule has 0 aliphatic heterocycles. The molecule has 18 heavy (non-hydrogen) atoms. The number of carbonyl (C=O) groups excluding carboxylic acids is 3. The molecule has 0 heterocycles. The van der Waals surface area contributed by atoms with E-state index in [0.29, 0.717) is 12.8 Å². The van der Waals surface area contributed by atoms with Crippen molar-refractivity contribution in [1.82, 2.24) is 0 Å². The molecule has 0 amide bonds. The molecular weight excluding hydrogens is 236 g/mol. The molecule has 0 saturated heterocycles. The Morgan fingerprint density at radius 2 is 1.67 bits per heavy atom. The Morgan fingerprint density at radius 1 is 1.11 bits per heavy atom. The third-order valence-corrected chi connectivity index (χ3v) is 3.66. The molecule has 0 unspecified atom stereocenters. The van der Waals surface area contributed by atoms with Crippen molar-refractivity contribution >= 4 is 17.7 Å². The van der Waals surface area contributed by atoms with Gasteiger partial charge in [0, 0.05) is 0 Å². The van der Waals surface area contributed by atoms with Gasteiger partial charge in [-0.25, -0.2) is 0 Å². The third-order valence-electron chi connectivity index (χ3n) is 3.66. The molecule has 1 saturated carbocycles. The Morgan fingerprint density at radius 3 is 2.11 bits per heavy atom. The van der Waals surface area contributed by atoms with E-state index in [1.807, 2.05) is 13.8 Å². The number of carbonyl (C=O) groups is 3. The lowest BCUT2D eigenvalue weighted by molar-refractivity contribution is -0.161. The number of methoxy groups -OCH3 is 2. The van der Waals surface area contributed by atoms with Crippen molar-refractivity contribution in [3.05, 3.63) is 0 Å². The van der Waals surface area contributed by atoms with E-state index in [1.165, 1.54) is 14.2 Å². The maximum Gasteiger partial charge on any atom is 0.316 e. The van der Waals surface area contributed by atoms with Crippen LogP contribution in [0.5, 0.6) is 0 Å². The van der Waals surface area contributed by atoms with Crippen molar-refractivity contribution in [3.8, 4) is 0 Å².